The molecule has 1 heterocycles. The average molecular weight is 279 g/mol. The molecule has 0 saturated heterocycles. The first-order valence-corrected chi connectivity index (χ1v) is 5.79. The number of carbonyl (C=O) groups is 1. The van der Waals surface area contributed by atoms with E-state index in [2.05, 4.69) is 15.5 Å². The molecule has 1 aromatic carbocycles. The molecular formula is C13H11F2N3O2. The number of aromatic nitrogens is 2. The van der Waals surface area contributed by atoms with Gasteiger partial charge in [0.1, 0.15) is 17.3 Å². The predicted molar refractivity (Wildman–Crippen MR) is 67.1 cm³/mol. The Bertz CT molecular complexity index is 680. The molecule has 1 aromatic heterocycles. The van der Waals surface area contributed by atoms with Crippen LogP contribution < -0.4 is 10.9 Å². The van der Waals surface area contributed by atoms with Gasteiger partial charge in [0.2, 0.25) is 0 Å². The molecule has 5 nitrogen and oxygen atoms in total. The summed E-state index contributed by atoms with van der Waals surface area (Å²) in [6.07, 6.45) is 0. The molecule has 1 amide bonds. The lowest BCUT2D eigenvalue weighted by atomic mass is 10.1. The second-order valence-corrected chi connectivity index (χ2v) is 4.17. The van der Waals surface area contributed by atoms with Crippen LogP contribution in [0, 0.1) is 11.6 Å². The summed E-state index contributed by atoms with van der Waals surface area (Å²) in [6.45, 7) is 1.56. The zero-order valence-electron chi connectivity index (χ0n) is 10.5. The lowest BCUT2D eigenvalue weighted by molar-refractivity contribution is 0.0933. The van der Waals surface area contributed by atoms with Crippen LogP contribution in [0.4, 0.5) is 8.78 Å². The third-order valence-electron chi connectivity index (χ3n) is 2.69. The Hall–Kier alpha value is -2.57. The van der Waals surface area contributed by atoms with Gasteiger partial charge in [-0.15, -0.1) is 0 Å². The van der Waals surface area contributed by atoms with Crippen LogP contribution in [0.15, 0.2) is 35.1 Å². The van der Waals surface area contributed by atoms with Crippen molar-refractivity contribution in [3.63, 3.8) is 0 Å². The Balaban J connectivity index is 2.14. The van der Waals surface area contributed by atoms with Crippen LogP contribution >= 0.6 is 0 Å². The molecule has 0 aliphatic rings. The zero-order chi connectivity index (χ0) is 14.7. The fourth-order valence-electron chi connectivity index (χ4n) is 1.67. The number of aromatic amines is 1. The van der Waals surface area contributed by atoms with Gasteiger partial charge in [-0.2, -0.15) is 5.10 Å². The first-order valence-electron chi connectivity index (χ1n) is 5.79. The highest BCUT2D eigenvalue weighted by molar-refractivity contribution is 5.92. The Morgan fingerprint density at radius 1 is 1.30 bits per heavy atom. The number of hydrogen-bond acceptors (Lipinski definition) is 3. The van der Waals surface area contributed by atoms with E-state index in [4.69, 9.17) is 0 Å². The van der Waals surface area contributed by atoms with Crippen molar-refractivity contribution in [1.29, 1.82) is 0 Å². The lowest BCUT2D eigenvalue weighted by Gasteiger charge is -2.14. The molecule has 0 fully saturated rings. The molecule has 0 aliphatic carbocycles. The van der Waals surface area contributed by atoms with Gasteiger partial charge < -0.3 is 5.32 Å². The molecule has 2 aromatic rings. The van der Waals surface area contributed by atoms with Crippen LogP contribution in [0.3, 0.4) is 0 Å². The maximum Gasteiger partial charge on any atom is 0.272 e. The maximum absolute atomic E-state index is 13.6. The van der Waals surface area contributed by atoms with E-state index in [1.165, 1.54) is 12.1 Å². The van der Waals surface area contributed by atoms with Gasteiger partial charge in [-0.3, -0.25) is 9.59 Å². The van der Waals surface area contributed by atoms with Crippen molar-refractivity contribution in [3.8, 4) is 0 Å². The van der Waals surface area contributed by atoms with Crippen LogP contribution in [0.5, 0.6) is 0 Å². The van der Waals surface area contributed by atoms with Gasteiger partial charge in [0, 0.05) is 17.7 Å². The second kappa shape index (κ2) is 5.60. The fourth-order valence-corrected chi connectivity index (χ4v) is 1.67. The van der Waals surface area contributed by atoms with Crippen LogP contribution in [0.2, 0.25) is 0 Å². The minimum atomic E-state index is -0.743. The van der Waals surface area contributed by atoms with Gasteiger partial charge in [0.25, 0.3) is 11.5 Å². The van der Waals surface area contributed by atoms with E-state index in [0.29, 0.717) is 0 Å². The summed E-state index contributed by atoms with van der Waals surface area (Å²) >= 11 is 0. The third kappa shape index (κ3) is 3.05. The summed E-state index contributed by atoms with van der Waals surface area (Å²) in [5.41, 5.74) is -0.276. The van der Waals surface area contributed by atoms with E-state index < -0.39 is 29.1 Å². The maximum atomic E-state index is 13.6. The largest absolute Gasteiger partial charge is 0.344 e. The van der Waals surface area contributed by atoms with Crippen LogP contribution in [-0.4, -0.2) is 16.1 Å². The second-order valence-electron chi connectivity index (χ2n) is 4.17. The topological polar surface area (TPSA) is 74.8 Å². The number of halogens is 2. The summed E-state index contributed by atoms with van der Waals surface area (Å²) in [5.74, 6) is -2.00. The predicted octanol–water partition coefficient (Wildman–Crippen LogP) is 1.54. The molecule has 2 rings (SSSR count). The molecule has 20 heavy (non-hydrogen) atoms. The van der Waals surface area contributed by atoms with Gasteiger partial charge in [0.15, 0.2) is 0 Å². The summed E-state index contributed by atoms with van der Waals surface area (Å²) < 4.78 is 26.4. The number of carbonyl (C=O) groups excluding carboxylic acids is 1. The molecule has 7 heteroatoms. The van der Waals surface area contributed by atoms with Crippen molar-refractivity contribution in [2.24, 2.45) is 0 Å². The van der Waals surface area contributed by atoms with Crippen LogP contribution in [-0.2, 0) is 0 Å². The monoisotopic (exact) mass is 279 g/mol. The molecule has 104 valence electrons. The van der Waals surface area contributed by atoms with E-state index >= 15 is 0 Å². The van der Waals surface area contributed by atoms with Gasteiger partial charge >= 0.3 is 0 Å². The first-order chi connectivity index (χ1) is 9.47. The van der Waals surface area contributed by atoms with Crippen molar-refractivity contribution in [2.45, 2.75) is 13.0 Å². The summed E-state index contributed by atoms with van der Waals surface area (Å²) in [7, 11) is 0. The van der Waals surface area contributed by atoms with Gasteiger partial charge in [-0.1, -0.05) is 6.07 Å². The first kappa shape index (κ1) is 13.9. The van der Waals surface area contributed by atoms with E-state index in [0.717, 1.165) is 18.2 Å². The minimum Gasteiger partial charge on any atom is -0.344 e. The number of H-pyrrole nitrogens is 1. The Kier molecular flexibility index (Phi) is 3.88. The standard InChI is InChI=1S/C13H11F2N3O2/c1-7(9-3-2-8(14)6-10(9)15)16-13(20)11-4-5-12(19)18-17-11/h2-7H,1H3,(H,16,20)(H,18,19)/t7-/m0/s1. The number of benzene rings is 1. The molecule has 0 spiro atoms. The number of nitrogens with one attached hydrogen (secondary N) is 2. The van der Waals surface area contributed by atoms with Gasteiger partial charge in [0.05, 0.1) is 6.04 Å². The fraction of sp³-hybridized carbons (Fsp3) is 0.154. The Morgan fingerprint density at radius 2 is 2.05 bits per heavy atom. The van der Waals surface area contributed by atoms with Gasteiger partial charge in [-0.25, -0.2) is 13.9 Å². The molecule has 0 bridgehead atoms. The SMILES string of the molecule is C[C@H](NC(=O)c1ccc(=O)[nH]n1)c1ccc(F)cc1F. The van der Waals surface area contributed by atoms with E-state index in [-0.39, 0.29) is 11.3 Å². The quantitative estimate of drug-likeness (QED) is 0.895. The molecular weight excluding hydrogens is 268 g/mol. The van der Waals surface area contributed by atoms with Crippen molar-refractivity contribution >= 4 is 5.91 Å². The zero-order valence-corrected chi connectivity index (χ0v) is 10.5. The number of hydrogen-bond donors (Lipinski definition) is 2. The highest BCUT2D eigenvalue weighted by atomic mass is 19.1. The van der Waals surface area contributed by atoms with Crippen molar-refractivity contribution in [2.75, 3.05) is 0 Å². The number of nitrogens with zero attached hydrogens (tertiary/aromatic N) is 1. The normalized spacial score (nSPS) is 11.9. The molecule has 0 aliphatic heterocycles. The summed E-state index contributed by atoms with van der Waals surface area (Å²) in [4.78, 5) is 22.7. The molecule has 0 unspecified atom stereocenters. The minimum absolute atomic E-state index is 0.000954. The molecule has 2 N–H and O–H groups in total. The summed E-state index contributed by atoms with van der Waals surface area (Å²) in [5, 5.41) is 8.19. The highest BCUT2D eigenvalue weighted by Gasteiger charge is 2.16. The molecule has 1 atom stereocenters. The van der Waals surface area contributed by atoms with Crippen molar-refractivity contribution < 1.29 is 13.6 Å². The molecule has 0 saturated carbocycles. The van der Waals surface area contributed by atoms with Crippen LogP contribution in [0.1, 0.15) is 29.0 Å². The third-order valence-corrected chi connectivity index (χ3v) is 2.69. The van der Waals surface area contributed by atoms with Crippen LogP contribution in [0.25, 0.3) is 0 Å². The van der Waals surface area contributed by atoms with E-state index in [1.54, 1.807) is 6.92 Å². The number of amides is 1. The average Bonchev–Trinajstić information content (AvgIpc) is 2.39. The van der Waals surface area contributed by atoms with Gasteiger partial charge in [-0.05, 0) is 19.1 Å². The number of rotatable bonds is 3. The van der Waals surface area contributed by atoms with Crippen molar-refractivity contribution in [3.05, 3.63) is 63.6 Å². The van der Waals surface area contributed by atoms with Crippen molar-refractivity contribution in [1.82, 2.24) is 15.5 Å². The van der Waals surface area contributed by atoms with E-state index in [1.807, 2.05) is 0 Å². The Labute approximate surface area is 112 Å². The molecule has 0 radical (unpaired) electrons. The lowest BCUT2D eigenvalue weighted by Crippen LogP contribution is -2.29. The Morgan fingerprint density at radius 3 is 2.65 bits per heavy atom. The summed E-state index contributed by atoms with van der Waals surface area (Å²) in [6, 6.07) is 4.86. The smallest absolute Gasteiger partial charge is 0.272 e. The van der Waals surface area contributed by atoms with E-state index in [9.17, 15) is 18.4 Å². The highest BCUT2D eigenvalue weighted by Crippen LogP contribution is 2.17.